The Kier molecular flexibility index (Phi) is 3.94. The van der Waals surface area contributed by atoms with Crippen LogP contribution in [-0.2, 0) is 4.79 Å². The summed E-state index contributed by atoms with van der Waals surface area (Å²) in [7, 11) is 0. The van der Waals surface area contributed by atoms with Gasteiger partial charge in [0, 0.05) is 16.9 Å². The van der Waals surface area contributed by atoms with Gasteiger partial charge in [0.1, 0.15) is 5.82 Å². The van der Waals surface area contributed by atoms with Crippen molar-refractivity contribution in [3.05, 3.63) is 41.2 Å². The SMILES string of the molecule is CC1C(=O)/C(=C/c2ccccc2F)C[C@@]2(C)C1CCC[C@@H]2O. The van der Waals surface area contributed by atoms with Crippen molar-refractivity contribution in [3.8, 4) is 0 Å². The molecule has 2 saturated carbocycles. The Hall–Kier alpha value is -1.48. The van der Waals surface area contributed by atoms with Gasteiger partial charge >= 0.3 is 0 Å². The van der Waals surface area contributed by atoms with Gasteiger partial charge in [-0.2, -0.15) is 0 Å². The number of aliphatic hydroxyl groups is 1. The number of Topliss-reactive ketones (excluding diaryl/α,β-unsaturated/α-hetero) is 1. The van der Waals surface area contributed by atoms with Gasteiger partial charge in [-0.05, 0) is 42.9 Å². The second kappa shape index (κ2) is 5.62. The maximum absolute atomic E-state index is 13.9. The summed E-state index contributed by atoms with van der Waals surface area (Å²) in [6.07, 6.45) is 4.60. The summed E-state index contributed by atoms with van der Waals surface area (Å²) < 4.78 is 13.9. The zero-order valence-electron chi connectivity index (χ0n) is 13.2. The monoisotopic (exact) mass is 302 g/mol. The van der Waals surface area contributed by atoms with Crippen LogP contribution in [0.3, 0.4) is 0 Å². The van der Waals surface area contributed by atoms with Crippen molar-refractivity contribution in [1.29, 1.82) is 0 Å². The zero-order valence-corrected chi connectivity index (χ0v) is 13.2. The fraction of sp³-hybridized carbons (Fsp3) is 0.526. The molecule has 1 aromatic carbocycles. The molecular weight excluding hydrogens is 279 g/mol. The van der Waals surface area contributed by atoms with E-state index in [1.165, 1.54) is 6.07 Å². The number of hydrogen-bond acceptors (Lipinski definition) is 2. The van der Waals surface area contributed by atoms with Crippen LogP contribution in [0.4, 0.5) is 4.39 Å². The minimum Gasteiger partial charge on any atom is -0.393 e. The molecule has 2 aliphatic rings. The van der Waals surface area contributed by atoms with E-state index in [2.05, 4.69) is 6.92 Å². The van der Waals surface area contributed by atoms with Gasteiger partial charge in [-0.15, -0.1) is 0 Å². The zero-order chi connectivity index (χ0) is 15.9. The Bertz CT molecular complexity index is 622. The number of rotatable bonds is 1. The molecule has 0 spiro atoms. The Morgan fingerprint density at radius 2 is 2.05 bits per heavy atom. The third-order valence-electron chi connectivity index (χ3n) is 5.74. The first-order valence-corrected chi connectivity index (χ1v) is 8.11. The van der Waals surface area contributed by atoms with E-state index in [-0.39, 0.29) is 35.0 Å². The highest BCUT2D eigenvalue weighted by Crippen LogP contribution is 2.53. The van der Waals surface area contributed by atoms with Gasteiger partial charge in [-0.3, -0.25) is 4.79 Å². The van der Waals surface area contributed by atoms with Crippen LogP contribution in [0.25, 0.3) is 6.08 Å². The molecule has 0 saturated heterocycles. The molecule has 2 fully saturated rings. The number of allylic oxidation sites excluding steroid dienone is 1. The molecule has 4 atom stereocenters. The summed E-state index contributed by atoms with van der Waals surface area (Å²) in [4.78, 5) is 12.7. The lowest BCUT2D eigenvalue weighted by Crippen LogP contribution is -2.51. The molecule has 3 heteroatoms. The average Bonchev–Trinajstić information content (AvgIpc) is 2.49. The Morgan fingerprint density at radius 1 is 1.32 bits per heavy atom. The predicted molar refractivity (Wildman–Crippen MR) is 84.6 cm³/mol. The maximum Gasteiger partial charge on any atom is 0.161 e. The van der Waals surface area contributed by atoms with Crippen molar-refractivity contribution in [3.63, 3.8) is 0 Å². The number of hydrogen-bond donors (Lipinski definition) is 1. The molecule has 0 amide bonds. The highest BCUT2D eigenvalue weighted by atomic mass is 19.1. The Morgan fingerprint density at radius 3 is 2.77 bits per heavy atom. The van der Waals surface area contributed by atoms with E-state index >= 15 is 0 Å². The molecule has 0 aliphatic heterocycles. The molecule has 118 valence electrons. The van der Waals surface area contributed by atoms with E-state index in [4.69, 9.17) is 0 Å². The Balaban J connectivity index is 1.99. The van der Waals surface area contributed by atoms with E-state index in [9.17, 15) is 14.3 Å². The summed E-state index contributed by atoms with van der Waals surface area (Å²) in [5.41, 5.74) is 0.825. The van der Waals surface area contributed by atoms with Gasteiger partial charge in [0.05, 0.1) is 6.10 Å². The first-order valence-electron chi connectivity index (χ1n) is 8.11. The van der Waals surface area contributed by atoms with E-state index in [1.807, 2.05) is 6.92 Å². The van der Waals surface area contributed by atoms with Crippen molar-refractivity contribution in [2.75, 3.05) is 0 Å². The molecule has 1 N–H and O–H groups in total. The van der Waals surface area contributed by atoms with Crippen LogP contribution in [0.15, 0.2) is 29.8 Å². The predicted octanol–water partition coefficient (Wildman–Crippen LogP) is 3.99. The highest BCUT2D eigenvalue weighted by Gasteiger charge is 2.51. The molecule has 22 heavy (non-hydrogen) atoms. The third-order valence-corrected chi connectivity index (χ3v) is 5.74. The number of fused-ring (bicyclic) bond motifs is 1. The van der Waals surface area contributed by atoms with Gasteiger partial charge in [0.2, 0.25) is 0 Å². The second-order valence-electron chi connectivity index (χ2n) is 7.08. The molecule has 2 aliphatic carbocycles. The number of aliphatic hydroxyl groups excluding tert-OH is 1. The van der Waals surface area contributed by atoms with E-state index in [1.54, 1.807) is 24.3 Å². The van der Waals surface area contributed by atoms with Crippen molar-refractivity contribution in [2.45, 2.75) is 45.6 Å². The number of carbonyl (C=O) groups is 1. The van der Waals surface area contributed by atoms with Crippen molar-refractivity contribution >= 4 is 11.9 Å². The van der Waals surface area contributed by atoms with E-state index < -0.39 is 0 Å². The summed E-state index contributed by atoms with van der Waals surface area (Å²) in [6, 6.07) is 6.51. The van der Waals surface area contributed by atoms with Gasteiger partial charge in [0.15, 0.2) is 5.78 Å². The van der Waals surface area contributed by atoms with E-state index in [0.717, 1.165) is 19.3 Å². The summed E-state index contributed by atoms with van der Waals surface area (Å²) in [5, 5.41) is 10.5. The number of ketones is 1. The van der Waals surface area contributed by atoms with Gasteiger partial charge in [0.25, 0.3) is 0 Å². The minimum absolute atomic E-state index is 0.105. The van der Waals surface area contributed by atoms with Crippen LogP contribution < -0.4 is 0 Å². The van der Waals surface area contributed by atoms with Crippen LogP contribution in [0.5, 0.6) is 0 Å². The summed E-state index contributed by atoms with van der Waals surface area (Å²) >= 11 is 0. The average molecular weight is 302 g/mol. The van der Waals surface area contributed by atoms with Crippen molar-refractivity contribution in [1.82, 2.24) is 0 Å². The molecule has 2 unspecified atom stereocenters. The van der Waals surface area contributed by atoms with Gasteiger partial charge in [-0.1, -0.05) is 38.5 Å². The number of benzene rings is 1. The van der Waals surface area contributed by atoms with Crippen LogP contribution in [-0.4, -0.2) is 17.0 Å². The lowest BCUT2D eigenvalue weighted by Gasteiger charge is -2.51. The lowest BCUT2D eigenvalue weighted by molar-refractivity contribution is -0.133. The van der Waals surface area contributed by atoms with Gasteiger partial charge < -0.3 is 5.11 Å². The first-order chi connectivity index (χ1) is 10.4. The Labute approximate surface area is 131 Å². The third kappa shape index (κ3) is 2.41. The second-order valence-corrected chi connectivity index (χ2v) is 7.08. The maximum atomic E-state index is 13.9. The van der Waals surface area contributed by atoms with Crippen molar-refractivity contribution in [2.24, 2.45) is 17.3 Å². The first kappa shape index (κ1) is 15.4. The molecule has 0 heterocycles. The normalized spacial score (nSPS) is 37.2. The van der Waals surface area contributed by atoms with Crippen LogP contribution >= 0.6 is 0 Å². The molecule has 0 bridgehead atoms. The topological polar surface area (TPSA) is 37.3 Å². The minimum atomic E-state index is -0.383. The fourth-order valence-electron chi connectivity index (χ4n) is 4.38. The summed E-state index contributed by atoms with van der Waals surface area (Å²) in [5.74, 6) is -0.0833. The van der Waals surface area contributed by atoms with Crippen LogP contribution in [0.1, 0.15) is 45.1 Å². The summed E-state index contributed by atoms with van der Waals surface area (Å²) in [6.45, 7) is 4.04. The smallest absolute Gasteiger partial charge is 0.161 e. The molecular formula is C19H23FO2. The largest absolute Gasteiger partial charge is 0.393 e. The standard InChI is InChI=1S/C19H23FO2/c1-12-15-7-5-9-17(21)19(15,2)11-14(18(12)22)10-13-6-3-4-8-16(13)20/h3-4,6,8,10,12,15,17,21H,5,7,9,11H2,1-2H3/b14-10+/t12?,15?,17-,19-/m0/s1. The molecule has 0 aromatic heterocycles. The molecule has 3 rings (SSSR count). The quantitative estimate of drug-likeness (QED) is 0.797. The van der Waals surface area contributed by atoms with Crippen molar-refractivity contribution < 1.29 is 14.3 Å². The number of carbonyl (C=O) groups excluding carboxylic acids is 1. The van der Waals surface area contributed by atoms with Crippen LogP contribution in [0, 0.1) is 23.1 Å². The fourth-order valence-corrected chi connectivity index (χ4v) is 4.38. The van der Waals surface area contributed by atoms with E-state index in [0.29, 0.717) is 17.6 Å². The van der Waals surface area contributed by atoms with Gasteiger partial charge in [-0.25, -0.2) is 4.39 Å². The molecule has 0 radical (unpaired) electrons. The lowest BCUT2D eigenvalue weighted by atomic mass is 9.54. The molecule has 2 nitrogen and oxygen atoms in total. The van der Waals surface area contributed by atoms with Crippen LogP contribution in [0.2, 0.25) is 0 Å². The highest BCUT2D eigenvalue weighted by molar-refractivity contribution is 6.02. The number of halogens is 1. The molecule has 1 aromatic rings.